The highest BCUT2D eigenvalue weighted by Gasteiger charge is 2.42. The zero-order chi connectivity index (χ0) is 19.2. The van der Waals surface area contributed by atoms with Gasteiger partial charge in [-0.25, -0.2) is 4.79 Å². The maximum absolute atomic E-state index is 11.8. The molecule has 1 saturated carbocycles. The van der Waals surface area contributed by atoms with Crippen molar-refractivity contribution in [3.8, 4) is 0 Å². The van der Waals surface area contributed by atoms with E-state index >= 15 is 0 Å². The molecule has 3 rings (SSSR count). The van der Waals surface area contributed by atoms with E-state index in [1.54, 1.807) is 0 Å². The first kappa shape index (κ1) is 20.2. The Hall–Kier alpha value is -1.57. The van der Waals surface area contributed by atoms with Crippen LogP contribution in [0.25, 0.3) is 0 Å². The van der Waals surface area contributed by atoms with Crippen molar-refractivity contribution in [3.05, 3.63) is 0 Å². The van der Waals surface area contributed by atoms with Crippen molar-refractivity contribution in [1.29, 1.82) is 0 Å². The van der Waals surface area contributed by atoms with Crippen LogP contribution in [-0.2, 0) is 19.1 Å². The number of nitrogens with one attached hydrogen (secondary N) is 2. The van der Waals surface area contributed by atoms with Crippen molar-refractivity contribution in [1.82, 2.24) is 10.6 Å². The van der Waals surface area contributed by atoms with E-state index < -0.39 is 0 Å². The summed E-state index contributed by atoms with van der Waals surface area (Å²) >= 11 is 1.88. The van der Waals surface area contributed by atoms with Gasteiger partial charge in [-0.15, -0.1) is 0 Å². The van der Waals surface area contributed by atoms with E-state index in [4.69, 9.17) is 4.74 Å². The van der Waals surface area contributed by atoms with Crippen LogP contribution in [0.1, 0.15) is 57.8 Å². The summed E-state index contributed by atoms with van der Waals surface area (Å²) in [5, 5.41) is 6.33. The number of Topliss-reactive ketones (excluding diaryl/α,β-unsaturated/α-hetero) is 2. The summed E-state index contributed by atoms with van der Waals surface area (Å²) < 4.78 is 5.26. The Labute approximate surface area is 163 Å². The van der Waals surface area contributed by atoms with Gasteiger partial charge >= 0.3 is 12.0 Å². The number of urea groups is 1. The minimum Gasteiger partial charge on any atom is -0.466 e. The molecule has 3 fully saturated rings. The second-order valence-electron chi connectivity index (χ2n) is 7.65. The lowest BCUT2D eigenvalue weighted by Crippen LogP contribution is -2.36. The molecule has 2 unspecified atom stereocenters. The Balaban J connectivity index is 1.21. The van der Waals surface area contributed by atoms with Crippen molar-refractivity contribution in [2.45, 2.75) is 75.1 Å². The third-order valence-electron chi connectivity index (χ3n) is 5.62. The van der Waals surface area contributed by atoms with E-state index in [2.05, 4.69) is 10.6 Å². The van der Waals surface area contributed by atoms with Crippen LogP contribution in [0.2, 0.25) is 0 Å². The van der Waals surface area contributed by atoms with E-state index in [1.165, 1.54) is 0 Å². The predicted octanol–water partition coefficient (Wildman–Crippen LogP) is 1.97. The molecule has 1 aliphatic carbocycles. The number of rotatable bonds is 9. The topological polar surface area (TPSA) is 102 Å². The number of fused-ring (bicyclic) bond motifs is 1. The maximum Gasteiger partial charge on any atom is 0.315 e. The fraction of sp³-hybridized carbons (Fsp3) is 0.789. The summed E-state index contributed by atoms with van der Waals surface area (Å²) in [7, 11) is 0. The molecule has 2 N–H and O–H groups in total. The van der Waals surface area contributed by atoms with Crippen LogP contribution in [0, 0.1) is 5.92 Å². The van der Waals surface area contributed by atoms with E-state index in [0.717, 1.165) is 25.0 Å². The molecular formula is C19H28N2O5S. The number of hydrogen-bond acceptors (Lipinski definition) is 6. The molecular weight excluding hydrogens is 368 g/mol. The van der Waals surface area contributed by atoms with E-state index in [-0.39, 0.29) is 48.0 Å². The van der Waals surface area contributed by atoms with Crippen LogP contribution in [0.15, 0.2) is 0 Å². The molecule has 0 aromatic heterocycles. The average molecular weight is 397 g/mol. The zero-order valence-electron chi connectivity index (χ0n) is 15.5. The van der Waals surface area contributed by atoms with Crippen LogP contribution in [0.3, 0.4) is 0 Å². The van der Waals surface area contributed by atoms with Gasteiger partial charge < -0.3 is 15.4 Å². The summed E-state index contributed by atoms with van der Waals surface area (Å²) in [6, 6.07) is 0.388. The van der Waals surface area contributed by atoms with Gasteiger partial charge in [0.05, 0.1) is 25.1 Å². The van der Waals surface area contributed by atoms with E-state index in [0.29, 0.717) is 44.0 Å². The van der Waals surface area contributed by atoms with E-state index in [9.17, 15) is 19.2 Å². The van der Waals surface area contributed by atoms with Gasteiger partial charge in [0.25, 0.3) is 0 Å². The van der Waals surface area contributed by atoms with Gasteiger partial charge in [-0.3, -0.25) is 14.4 Å². The number of hydrogen-bond donors (Lipinski definition) is 2. The molecule has 0 radical (unpaired) electrons. The van der Waals surface area contributed by atoms with Crippen LogP contribution in [0.5, 0.6) is 0 Å². The number of ketones is 2. The van der Waals surface area contributed by atoms with Crippen molar-refractivity contribution in [2.75, 3.05) is 12.4 Å². The third-order valence-corrected chi connectivity index (χ3v) is 7.12. The fourth-order valence-electron chi connectivity index (χ4n) is 4.07. The molecule has 0 aromatic rings. The molecule has 3 aliphatic rings. The minimum absolute atomic E-state index is 0.0400. The first-order valence-electron chi connectivity index (χ1n) is 9.91. The molecule has 0 spiro atoms. The monoisotopic (exact) mass is 396 g/mol. The van der Waals surface area contributed by atoms with Crippen LogP contribution in [-0.4, -0.2) is 53.3 Å². The molecule has 2 heterocycles. The second-order valence-corrected chi connectivity index (χ2v) is 8.92. The third kappa shape index (κ3) is 5.70. The maximum atomic E-state index is 11.8. The van der Waals surface area contributed by atoms with Gasteiger partial charge in [-0.2, -0.15) is 11.8 Å². The fourth-order valence-corrected chi connectivity index (χ4v) is 5.62. The summed E-state index contributed by atoms with van der Waals surface area (Å²) in [5.74, 6) is 0.806. The quantitative estimate of drug-likeness (QED) is 0.267. The molecule has 2 aliphatic heterocycles. The molecule has 0 bridgehead atoms. The summed E-state index contributed by atoms with van der Waals surface area (Å²) in [6.45, 7) is 0.344. The highest BCUT2D eigenvalue weighted by molar-refractivity contribution is 8.00. The summed E-state index contributed by atoms with van der Waals surface area (Å²) in [4.78, 5) is 46.1. The molecule has 7 nitrogen and oxygen atoms in total. The number of carbonyl (C=O) groups is 4. The lowest BCUT2D eigenvalue weighted by atomic mass is 9.84. The molecule has 150 valence electrons. The van der Waals surface area contributed by atoms with Gasteiger partial charge in [-0.1, -0.05) is 6.42 Å². The zero-order valence-corrected chi connectivity index (χ0v) is 16.4. The molecule has 8 heteroatoms. The predicted molar refractivity (Wildman–Crippen MR) is 102 cm³/mol. The van der Waals surface area contributed by atoms with Crippen molar-refractivity contribution < 1.29 is 23.9 Å². The van der Waals surface area contributed by atoms with Gasteiger partial charge in [-0.05, 0) is 32.1 Å². The largest absolute Gasteiger partial charge is 0.466 e. The van der Waals surface area contributed by atoms with Crippen LogP contribution < -0.4 is 10.6 Å². The number of thioether (sulfide) groups is 1. The lowest BCUT2D eigenvalue weighted by molar-refractivity contribution is -0.143. The standard InChI is InChI=1S/C19H28N2O5S/c22-13-8-7-12(15(23)10-13)4-3-9-26-17(24)6-2-1-5-16-18-14(11-27-16)20-19(25)21-18/h12,14,16,18H,1-11H2,(H2,20,21,25)/t12?,14-,16?,18-/m0/s1. The molecule has 0 aromatic carbocycles. The van der Waals surface area contributed by atoms with Gasteiger partial charge in [0.15, 0.2) is 0 Å². The Morgan fingerprint density at radius 2 is 1.96 bits per heavy atom. The van der Waals surface area contributed by atoms with Crippen molar-refractivity contribution in [2.24, 2.45) is 5.92 Å². The van der Waals surface area contributed by atoms with Crippen LogP contribution in [0.4, 0.5) is 4.79 Å². The highest BCUT2D eigenvalue weighted by Crippen LogP contribution is 2.33. The highest BCUT2D eigenvalue weighted by atomic mass is 32.2. The van der Waals surface area contributed by atoms with Crippen molar-refractivity contribution >= 4 is 35.3 Å². The summed E-state index contributed by atoms with van der Waals surface area (Å²) in [6.07, 6.45) is 5.71. The summed E-state index contributed by atoms with van der Waals surface area (Å²) in [5.41, 5.74) is 0. The number of amides is 2. The minimum atomic E-state index is -0.187. The number of unbranched alkanes of at least 4 members (excludes halogenated alkanes) is 1. The van der Waals surface area contributed by atoms with Gasteiger partial charge in [0.1, 0.15) is 11.6 Å². The Kier molecular flexibility index (Phi) is 7.15. The smallest absolute Gasteiger partial charge is 0.315 e. The number of ether oxygens (including phenoxy) is 1. The molecule has 2 saturated heterocycles. The lowest BCUT2D eigenvalue weighted by Gasteiger charge is -2.19. The molecule has 27 heavy (non-hydrogen) atoms. The number of carbonyl (C=O) groups excluding carboxylic acids is 4. The normalized spacial score (nSPS) is 30.0. The molecule has 2 amide bonds. The van der Waals surface area contributed by atoms with E-state index in [1.807, 2.05) is 11.8 Å². The Morgan fingerprint density at radius 3 is 2.78 bits per heavy atom. The number of esters is 1. The molecule has 4 atom stereocenters. The average Bonchev–Trinajstić information content (AvgIpc) is 3.16. The SMILES string of the molecule is O=C1CCC(CCCOC(=O)CCCCC2SC[C@@H]3NC(=O)N[C@H]23)C(=O)C1. The van der Waals surface area contributed by atoms with Crippen molar-refractivity contribution in [3.63, 3.8) is 0 Å². The first-order valence-corrected chi connectivity index (χ1v) is 11.0. The van der Waals surface area contributed by atoms with Crippen LogP contribution >= 0.6 is 11.8 Å². The Morgan fingerprint density at radius 1 is 1.11 bits per heavy atom. The van der Waals surface area contributed by atoms with Gasteiger partial charge in [0.2, 0.25) is 0 Å². The van der Waals surface area contributed by atoms with Gasteiger partial charge in [0, 0.05) is 29.8 Å². The first-order chi connectivity index (χ1) is 13.0. The second kappa shape index (κ2) is 9.57. The Bertz CT molecular complexity index is 597.